The highest BCUT2D eigenvalue weighted by Gasteiger charge is 2.14. The van der Waals surface area contributed by atoms with Crippen molar-refractivity contribution in [3.63, 3.8) is 0 Å². The minimum absolute atomic E-state index is 0.0147. The monoisotopic (exact) mass is 402 g/mol. The first-order chi connectivity index (χ1) is 12.2. The molecule has 1 N–H and O–H groups in total. The molecule has 0 heterocycles. The van der Waals surface area contributed by atoms with Crippen molar-refractivity contribution in [2.45, 2.75) is 32.4 Å². The summed E-state index contributed by atoms with van der Waals surface area (Å²) in [7, 11) is 1.60. The van der Waals surface area contributed by atoms with Crippen LogP contribution in [0.2, 0.25) is 0 Å². The van der Waals surface area contributed by atoms with E-state index in [1.54, 1.807) is 7.11 Å². The largest absolute Gasteiger partial charge is 0.493 e. The number of hydrogen-bond donors (Lipinski definition) is 1. The van der Waals surface area contributed by atoms with Gasteiger partial charge in [-0.1, -0.05) is 43.7 Å². The van der Waals surface area contributed by atoms with Gasteiger partial charge in [-0.3, -0.25) is 0 Å². The van der Waals surface area contributed by atoms with E-state index in [-0.39, 0.29) is 6.61 Å². The molecule has 0 spiro atoms. The van der Waals surface area contributed by atoms with E-state index in [1.165, 1.54) is 5.56 Å². The highest BCUT2D eigenvalue weighted by Crippen LogP contribution is 2.36. The lowest BCUT2D eigenvalue weighted by Crippen LogP contribution is -2.20. The van der Waals surface area contributed by atoms with Crippen molar-refractivity contribution >= 4 is 15.9 Å². The van der Waals surface area contributed by atoms with Gasteiger partial charge in [0.15, 0.2) is 18.1 Å². The summed E-state index contributed by atoms with van der Waals surface area (Å²) >= 11 is 3.51. The maximum Gasteiger partial charge on any atom is 0.176 e. The van der Waals surface area contributed by atoms with E-state index < -0.39 is 0 Å². The molecule has 0 amide bonds. The van der Waals surface area contributed by atoms with Gasteiger partial charge in [-0.15, -0.1) is 0 Å². The van der Waals surface area contributed by atoms with E-state index in [2.05, 4.69) is 52.4 Å². The van der Waals surface area contributed by atoms with Crippen LogP contribution in [0, 0.1) is 11.3 Å². The lowest BCUT2D eigenvalue weighted by molar-refractivity contribution is 0.327. The lowest BCUT2D eigenvalue weighted by Gasteiger charge is -2.19. The Morgan fingerprint density at radius 1 is 1.24 bits per heavy atom. The summed E-state index contributed by atoms with van der Waals surface area (Å²) in [5, 5.41) is 12.3. The highest BCUT2D eigenvalue weighted by atomic mass is 79.9. The molecule has 0 aromatic heterocycles. The number of ether oxygens (including phenoxy) is 2. The molecule has 0 saturated heterocycles. The molecular weight excluding hydrogens is 380 g/mol. The van der Waals surface area contributed by atoms with Crippen molar-refractivity contribution in [2.24, 2.45) is 0 Å². The molecule has 0 aliphatic rings. The first-order valence-electron chi connectivity index (χ1n) is 8.34. The van der Waals surface area contributed by atoms with Crippen molar-refractivity contribution in [1.29, 1.82) is 5.26 Å². The SMILES string of the molecule is CCCC(NCc1cc(Br)c(OCC#N)c(OC)c1)c1ccccc1. The zero-order chi connectivity index (χ0) is 18.1. The Bertz CT molecular complexity index is 714. The molecule has 132 valence electrons. The zero-order valence-corrected chi connectivity index (χ0v) is 16.2. The number of nitrogens with one attached hydrogen (secondary N) is 1. The number of benzene rings is 2. The molecule has 4 nitrogen and oxygen atoms in total. The molecular formula is C20H23BrN2O2. The van der Waals surface area contributed by atoms with Gasteiger partial charge in [0.05, 0.1) is 11.6 Å². The molecule has 25 heavy (non-hydrogen) atoms. The summed E-state index contributed by atoms with van der Waals surface area (Å²) in [5.74, 6) is 1.18. The minimum Gasteiger partial charge on any atom is -0.493 e. The second kappa shape index (κ2) is 10.1. The van der Waals surface area contributed by atoms with Crippen LogP contribution in [0.15, 0.2) is 46.9 Å². The second-order valence-electron chi connectivity index (χ2n) is 5.69. The van der Waals surface area contributed by atoms with E-state index in [0.29, 0.717) is 24.1 Å². The smallest absolute Gasteiger partial charge is 0.176 e. The van der Waals surface area contributed by atoms with E-state index in [9.17, 15) is 0 Å². The molecule has 2 aromatic carbocycles. The molecule has 1 atom stereocenters. The Kier molecular flexibility index (Phi) is 7.77. The maximum atomic E-state index is 8.70. The van der Waals surface area contributed by atoms with Crippen molar-refractivity contribution in [3.05, 3.63) is 58.1 Å². The van der Waals surface area contributed by atoms with Crippen molar-refractivity contribution < 1.29 is 9.47 Å². The van der Waals surface area contributed by atoms with Crippen LogP contribution >= 0.6 is 15.9 Å². The second-order valence-corrected chi connectivity index (χ2v) is 6.54. The van der Waals surface area contributed by atoms with E-state index in [4.69, 9.17) is 14.7 Å². The van der Waals surface area contributed by atoms with Crippen molar-refractivity contribution in [1.82, 2.24) is 5.32 Å². The van der Waals surface area contributed by atoms with Gasteiger partial charge >= 0.3 is 0 Å². The number of methoxy groups -OCH3 is 1. The Balaban J connectivity index is 2.13. The number of halogens is 1. The molecule has 0 aliphatic carbocycles. The number of nitriles is 1. The topological polar surface area (TPSA) is 54.3 Å². The van der Waals surface area contributed by atoms with Crippen molar-refractivity contribution in [2.75, 3.05) is 13.7 Å². The zero-order valence-electron chi connectivity index (χ0n) is 14.6. The van der Waals surface area contributed by atoms with Gasteiger partial charge < -0.3 is 14.8 Å². The van der Waals surface area contributed by atoms with Crippen LogP contribution in [0.25, 0.3) is 0 Å². The third-order valence-electron chi connectivity index (χ3n) is 3.90. The van der Waals surface area contributed by atoms with E-state index in [0.717, 1.165) is 22.9 Å². The molecule has 2 rings (SSSR count). The van der Waals surface area contributed by atoms with Crippen molar-refractivity contribution in [3.8, 4) is 17.6 Å². The first kappa shape index (κ1) is 19.3. The lowest BCUT2D eigenvalue weighted by atomic mass is 10.0. The van der Waals surface area contributed by atoms with Gasteiger partial charge in [0, 0.05) is 12.6 Å². The number of hydrogen-bond acceptors (Lipinski definition) is 4. The fraction of sp³-hybridized carbons (Fsp3) is 0.350. The molecule has 2 aromatic rings. The average molecular weight is 403 g/mol. The summed E-state index contributed by atoms with van der Waals surface area (Å²) in [5.41, 5.74) is 2.38. The summed E-state index contributed by atoms with van der Waals surface area (Å²) in [6.45, 7) is 2.89. The molecule has 0 fully saturated rings. The summed E-state index contributed by atoms with van der Waals surface area (Å²) < 4.78 is 11.6. The molecule has 0 aliphatic heterocycles. The summed E-state index contributed by atoms with van der Waals surface area (Å²) in [4.78, 5) is 0. The highest BCUT2D eigenvalue weighted by molar-refractivity contribution is 9.10. The predicted octanol–water partition coefficient (Wildman–Crippen LogP) is 4.99. The van der Waals surface area contributed by atoms with Gasteiger partial charge in [-0.25, -0.2) is 0 Å². The molecule has 1 unspecified atom stereocenters. The average Bonchev–Trinajstić information content (AvgIpc) is 2.64. The van der Waals surface area contributed by atoms with Crippen LogP contribution < -0.4 is 14.8 Å². The molecule has 0 saturated carbocycles. The number of rotatable bonds is 9. The van der Waals surface area contributed by atoms with Gasteiger partial charge in [0.1, 0.15) is 6.07 Å². The molecule has 5 heteroatoms. The fourth-order valence-corrected chi connectivity index (χ4v) is 3.33. The van der Waals surface area contributed by atoms with Gasteiger partial charge in [0.25, 0.3) is 0 Å². The first-order valence-corrected chi connectivity index (χ1v) is 9.13. The Morgan fingerprint density at radius 2 is 2.00 bits per heavy atom. The van der Waals surface area contributed by atoms with E-state index in [1.807, 2.05) is 24.3 Å². The fourth-order valence-electron chi connectivity index (χ4n) is 2.72. The third kappa shape index (κ3) is 5.48. The normalized spacial score (nSPS) is 11.6. The van der Waals surface area contributed by atoms with Crippen LogP contribution in [0.1, 0.15) is 36.9 Å². The quantitative estimate of drug-likeness (QED) is 0.641. The Morgan fingerprint density at radius 3 is 2.64 bits per heavy atom. The Hall–Kier alpha value is -2.03. The third-order valence-corrected chi connectivity index (χ3v) is 4.49. The molecule has 0 bridgehead atoms. The summed E-state index contributed by atoms with van der Waals surface area (Å²) in [6, 6.07) is 16.7. The molecule has 0 radical (unpaired) electrons. The van der Waals surface area contributed by atoms with Crippen LogP contribution in [-0.2, 0) is 6.54 Å². The van der Waals surface area contributed by atoms with Gasteiger partial charge in [-0.2, -0.15) is 5.26 Å². The minimum atomic E-state index is -0.0147. The number of nitrogens with zero attached hydrogens (tertiary/aromatic N) is 1. The summed E-state index contributed by atoms with van der Waals surface area (Å²) in [6.07, 6.45) is 2.19. The Labute approximate surface area is 157 Å². The van der Waals surface area contributed by atoms with Crippen LogP contribution in [0.3, 0.4) is 0 Å². The van der Waals surface area contributed by atoms with Crippen LogP contribution in [0.5, 0.6) is 11.5 Å². The van der Waals surface area contributed by atoms with Crippen LogP contribution in [0.4, 0.5) is 0 Å². The predicted molar refractivity (Wildman–Crippen MR) is 103 cm³/mol. The van der Waals surface area contributed by atoms with Gasteiger partial charge in [0.2, 0.25) is 0 Å². The van der Waals surface area contributed by atoms with E-state index >= 15 is 0 Å². The van der Waals surface area contributed by atoms with Crippen LogP contribution in [-0.4, -0.2) is 13.7 Å². The van der Waals surface area contributed by atoms with Gasteiger partial charge in [-0.05, 0) is 45.6 Å². The maximum absolute atomic E-state index is 8.70. The standard InChI is InChI=1S/C20H23BrN2O2/c1-3-7-18(16-8-5-4-6-9-16)23-14-15-12-17(21)20(25-11-10-22)19(13-15)24-2/h4-6,8-9,12-13,18,23H,3,7,11,14H2,1-2H3.